The highest BCUT2D eigenvalue weighted by Gasteiger charge is 2.20. The van der Waals surface area contributed by atoms with Crippen LogP contribution in [0, 0.1) is 0 Å². The van der Waals surface area contributed by atoms with Crippen LogP contribution in [0.3, 0.4) is 0 Å². The first-order chi connectivity index (χ1) is 9.52. The molecular weight excluding hydrogens is 248 g/mol. The van der Waals surface area contributed by atoms with Crippen molar-refractivity contribution >= 4 is 5.91 Å². The molecule has 0 heterocycles. The lowest BCUT2D eigenvalue weighted by molar-refractivity contribution is 0.0915. The molecule has 0 radical (unpaired) electrons. The Labute approximate surface area is 121 Å². The summed E-state index contributed by atoms with van der Waals surface area (Å²) in [6.07, 6.45) is 6.60. The lowest BCUT2D eigenvalue weighted by Crippen LogP contribution is -2.48. The van der Waals surface area contributed by atoms with E-state index in [0.717, 1.165) is 0 Å². The molecule has 1 amide bonds. The van der Waals surface area contributed by atoms with E-state index in [1.54, 1.807) is 0 Å². The van der Waals surface area contributed by atoms with Crippen molar-refractivity contribution in [2.24, 2.45) is 5.73 Å². The van der Waals surface area contributed by atoms with E-state index < -0.39 is 0 Å². The number of carbonyl (C=O) groups excluding carboxylic acids is 1. The molecule has 1 fully saturated rings. The first-order valence-electron chi connectivity index (χ1n) is 7.64. The number of amides is 1. The molecule has 110 valence electrons. The zero-order valence-electron chi connectivity index (χ0n) is 12.6. The van der Waals surface area contributed by atoms with Crippen LogP contribution in [0.1, 0.15) is 67.8 Å². The van der Waals surface area contributed by atoms with Crippen LogP contribution >= 0.6 is 0 Å². The summed E-state index contributed by atoms with van der Waals surface area (Å²) in [5, 5.41) is 2.96. The van der Waals surface area contributed by atoms with E-state index in [2.05, 4.69) is 17.4 Å². The SMILES string of the molecule is CC(C)(CN)NC(=O)c1ccc(C2CCCCC2)cc1. The van der Waals surface area contributed by atoms with Gasteiger partial charge < -0.3 is 11.1 Å². The highest BCUT2D eigenvalue weighted by Crippen LogP contribution is 2.32. The van der Waals surface area contributed by atoms with E-state index in [0.29, 0.717) is 18.0 Å². The van der Waals surface area contributed by atoms with Gasteiger partial charge in [0.05, 0.1) is 0 Å². The zero-order valence-corrected chi connectivity index (χ0v) is 12.6. The number of carbonyl (C=O) groups is 1. The maximum atomic E-state index is 12.1. The molecule has 20 heavy (non-hydrogen) atoms. The van der Waals surface area contributed by atoms with Crippen molar-refractivity contribution in [1.29, 1.82) is 0 Å². The molecule has 0 bridgehead atoms. The number of hydrogen-bond acceptors (Lipinski definition) is 2. The molecule has 0 aliphatic heterocycles. The zero-order chi connectivity index (χ0) is 14.6. The second-order valence-corrected chi connectivity index (χ2v) is 6.50. The summed E-state index contributed by atoms with van der Waals surface area (Å²) in [6, 6.07) is 8.10. The van der Waals surface area contributed by atoms with Gasteiger partial charge in [-0.15, -0.1) is 0 Å². The molecule has 1 saturated carbocycles. The van der Waals surface area contributed by atoms with Gasteiger partial charge in [0.15, 0.2) is 0 Å². The maximum absolute atomic E-state index is 12.1. The number of benzene rings is 1. The molecule has 3 heteroatoms. The van der Waals surface area contributed by atoms with Crippen LogP contribution < -0.4 is 11.1 Å². The highest BCUT2D eigenvalue weighted by atomic mass is 16.1. The Morgan fingerprint density at radius 3 is 2.35 bits per heavy atom. The Bertz CT molecular complexity index is 445. The second-order valence-electron chi connectivity index (χ2n) is 6.50. The van der Waals surface area contributed by atoms with Crippen LogP contribution in [-0.2, 0) is 0 Å². The van der Waals surface area contributed by atoms with Crippen LogP contribution in [0.2, 0.25) is 0 Å². The normalized spacial score (nSPS) is 16.9. The lowest BCUT2D eigenvalue weighted by Gasteiger charge is -2.25. The van der Waals surface area contributed by atoms with Crippen molar-refractivity contribution in [2.75, 3.05) is 6.54 Å². The smallest absolute Gasteiger partial charge is 0.251 e. The van der Waals surface area contributed by atoms with Gasteiger partial charge in [-0.1, -0.05) is 31.4 Å². The molecule has 0 spiro atoms. The van der Waals surface area contributed by atoms with E-state index in [-0.39, 0.29) is 11.4 Å². The molecule has 1 aliphatic carbocycles. The average Bonchev–Trinajstić information content (AvgIpc) is 2.48. The minimum atomic E-state index is -0.362. The number of rotatable bonds is 4. The summed E-state index contributed by atoms with van der Waals surface area (Å²) in [7, 11) is 0. The molecule has 3 N–H and O–H groups in total. The molecular formula is C17H26N2O. The van der Waals surface area contributed by atoms with Gasteiger partial charge in [0.25, 0.3) is 5.91 Å². The quantitative estimate of drug-likeness (QED) is 0.886. The first kappa shape index (κ1) is 15.0. The predicted molar refractivity (Wildman–Crippen MR) is 82.9 cm³/mol. The highest BCUT2D eigenvalue weighted by molar-refractivity contribution is 5.94. The predicted octanol–water partition coefficient (Wildman–Crippen LogP) is 3.20. The van der Waals surface area contributed by atoms with Crippen LogP contribution in [0.25, 0.3) is 0 Å². The Balaban J connectivity index is 2.02. The van der Waals surface area contributed by atoms with Crippen molar-refractivity contribution in [3.63, 3.8) is 0 Å². The summed E-state index contributed by atoms with van der Waals surface area (Å²) < 4.78 is 0. The van der Waals surface area contributed by atoms with Gasteiger partial charge in [0, 0.05) is 17.6 Å². The van der Waals surface area contributed by atoms with Crippen molar-refractivity contribution < 1.29 is 4.79 Å². The molecule has 1 aliphatic rings. The molecule has 0 unspecified atom stereocenters. The Kier molecular flexibility index (Phi) is 4.81. The van der Waals surface area contributed by atoms with Crippen molar-refractivity contribution in [1.82, 2.24) is 5.32 Å². The molecule has 2 rings (SSSR count). The van der Waals surface area contributed by atoms with Crippen LogP contribution in [0.15, 0.2) is 24.3 Å². The summed E-state index contributed by atoms with van der Waals surface area (Å²) in [6.45, 7) is 4.29. The lowest BCUT2D eigenvalue weighted by atomic mass is 9.84. The minimum absolute atomic E-state index is 0.0457. The summed E-state index contributed by atoms with van der Waals surface area (Å²) in [4.78, 5) is 12.1. The molecule has 0 saturated heterocycles. The standard InChI is InChI=1S/C17H26N2O/c1-17(2,12-18)19-16(20)15-10-8-14(9-11-15)13-6-4-3-5-7-13/h8-11,13H,3-7,12,18H2,1-2H3,(H,19,20). The third kappa shape index (κ3) is 3.83. The molecule has 0 aromatic heterocycles. The third-order valence-electron chi connectivity index (χ3n) is 4.21. The van der Waals surface area contributed by atoms with Crippen LogP contribution in [-0.4, -0.2) is 18.0 Å². The minimum Gasteiger partial charge on any atom is -0.346 e. The van der Waals surface area contributed by atoms with Gasteiger partial charge in [-0.2, -0.15) is 0 Å². The third-order valence-corrected chi connectivity index (χ3v) is 4.21. The average molecular weight is 274 g/mol. The summed E-state index contributed by atoms with van der Waals surface area (Å²) in [5.41, 5.74) is 7.37. The first-order valence-corrected chi connectivity index (χ1v) is 7.64. The summed E-state index contributed by atoms with van der Waals surface area (Å²) in [5.74, 6) is 0.636. The van der Waals surface area contributed by atoms with Crippen LogP contribution in [0.4, 0.5) is 0 Å². The Hall–Kier alpha value is -1.35. The van der Waals surface area contributed by atoms with Gasteiger partial charge in [-0.3, -0.25) is 4.79 Å². The topological polar surface area (TPSA) is 55.1 Å². The number of nitrogens with two attached hydrogens (primary N) is 1. The van der Waals surface area contributed by atoms with E-state index in [4.69, 9.17) is 5.73 Å². The van der Waals surface area contributed by atoms with Crippen molar-refractivity contribution in [2.45, 2.75) is 57.4 Å². The Morgan fingerprint density at radius 2 is 1.80 bits per heavy atom. The fourth-order valence-corrected chi connectivity index (χ4v) is 2.77. The fourth-order valence-electron chi connectivity index (χ4n) is 2.77. The van der Waals surface area contributed by atoms with Crippen LogP contribution in [0.5, 0.6) is 0 Å². The van der Waals surface area contributed by atoms with Crippen molar-refractivity contribution in [3.8, 4) is 0 Å². The van der Waals surface area contributed by atoms with Gasteiger partial charge in [-0.05, 0) is 50.3 Å². The summed E-state index contributed by atoms with van der Waals surface area (Å²) >= 11 is 0. The monoisotopic (exact) mass is 274 g/mol. The van der Waals surface area contributed by atoms with Gasteiger partial charge in [-0.25, -0.2) is 0 Å². The van der Waals surface area contributed by atoms with Gasteiger partial charge in [0.1, 0.15) is 0 Å². The van der Waals surface area contributed by atoms with E-state index in [1.165, 1.54) is 37.7 Å². The Morgan fingerprint density at radius 1 is 1.20 bits per heavy atom. The molecule has 3 nitrogen and oxygen atoms in total. The second kappa shape index (κ2) is 6.40. The number of hydrogen-bond donors (Lipinski definition) is 2. The maximum Gasteiger partial charge on any atom is 0.251 e. The molecule has 0 atom stereocenters. The molecule has 1 aromatic rings. The largest absolute Gasteiger partial charge is 0.346 e. The van der Waals surface area contributed by atoms with Gasteiger partial charge in [0.2, 0.25) is 0 Å². The van der Waals surface area contributed by atoms with E-state index in [1.807, 2.05) is 26.0 Å². The van der Waals surface area contributed by atoms with E-state index >= 15 is 0 Å². The number of nitrogens with one attached hydrogen (secondary N) is 1. The van der Waals surface area contributed by atoms with E-state index in [9.17, 15) is 4.79 Å². The molecule has 1 aromatic carbocycles. The van der Waals surface area contributed by atoms with Crippen molar-refractivity contribution in [3.05, 3.63) is 35.4 Å². The fraction of sp³-hybridized carbons (Fsp3) is 0.588. The van der Waals surface area contributed by atoms with Gasteiger partial charge >= 0.3 is 0 Å².